The minimum atomic E-state index is 0.555. The van der Waals surface area contributed by atoms with Crippen molar-refractivity contribution in [3.63, 3.8) is 0 Å². The molecule has 0 radical (unpaired) electrons. The van der Waals surface area contributed by atoms with Crippen LogP contribution in [-0.2, 0) is 0 Å². The fourth-order valence-corrected chi connectivity index (χ4v) is 3.01. The average molecular weight is 224 g/mol. The Morgan fingerprint density at radius 2 is 1.73 bits per heavy atom. The highest BCUT2D eigenvalue weighted by atomic mass is 35.5. The van der Waals surface area contributed by atoms with Crippen molar-refractivity contribution in [2.45, 2.75) is 18.8 Å². The first-order chi connectivity index (χ1) is 7.33. The molecule has 2 unspecified atom stereocenters. The van der Waals surface area contributed by atoms with Crippen LogP contribution >= 0.6 is 11.6 Å². The zero-order valence-corrected chi connectivity index (χ0v) is 9.24. The molecule has 1 N–H and O–H groups in total. The zero-order valence-electron chi connectivity index (χ0n) is 8.49. The molecule has 0 bridgehead atoms. The van der Waals surface area contributed by atoms with Crippen molar-refractivity contribution in [1.82, 2.24) is 15.3 Å². The van der Waals surface area contributed by atoms with Gasteiger partial charge < -0.3 is 5.32 Å². The Balaban J connectivity index is 1.76. The second-order valence-corrected chi connectivity index (χ2v) is 5.04. The number of nitrogens with zero attached hydrogens (tertiary/aromatic N) is 2. The van der Waals surface area contributed by atoms with Crippen LogP contribution in [0.2, 0.25) is 5.02 Å². The summed E-state index contributed by atoms with van der Waals surface area (Å²) in [5, 5.41) is 4.07. The van der Waals surface area contributed by atoms with Crippen molar-refractivity contribution < 1.29 is 0 Å². The molecule has 2 heterocycles. The predicted molar refractivity (Wildman–Crippen MR) is 58.9 cm³/mol. The fourth-order valence-electron chi connectivity index (χ4n) is 2.91. The summed E-state index contributed by atoms with van der Waals surface area (Å²) in [5.74, 6) is 3.22. The fraction of sp³-hybridized carbons (Fsp3) is 0.636. The predicted octanol–water partition coefficient (Wildman–Crippen LogP) is 1.84. The summed E-state index contributed by atoms with van der Waals surface area (Å²) in [6, 6.07) is 0. The molecule has 3 nitrogen and oxygen atoms in total. The molecule has 2 aliphatic rings. The first-order valence-electron chi connectivity index (χ1n) is 5.51. The number of rotatable bonds is 1. The maximum Gasteiger partial charge on any atom is 0.131 e. The molecule has 4 heteroatoms. The molecule has 0 spiro atoms. The Bertz CT molecular complexity index is 339. The van der Waals surface area contributed by atoms with E-state index in [0.29, 0.717) is 10.9 Å². The van der Waals surface area contributed by atoms with Gasteiger partial charge in [0.05, 0.1) is 5.02 Å². The summed E-state index contributed by atoms with van der Waals surface area (Å²) in [6.07, 6.45) is 5.88. The first kappa shape index (κ1) is 9.55. The molecule has 80 valence electrons. The third-order valence-electron chi connectivity index (χ3n) is 3.66. The van der Waals surface area contributed by atoms with Gasteiger partial charge in [0.2, 0.25) is 0 Å². The van der Waals surface area contributed by atoms with Gasteiger partial charge in [-0.3, -0.25) is 0 Å². The van der Waals surface area contributed by atoms with Crippen LogP contribution in [0.5, 0.6) is 0 Å². The third-order valence-corrected chi connectivity index (χ3v) is 3.85. The van der Waals surface area contributed by atoms with Crippen LogP contribution in [0.25, 0.3) is 0 Å². The summed E-state index contributed by atoms with van der Waals surface area (Å²) >= 11 is 5.78. The van der Waals surface area contributed by atoms with Crippen molar-refractivity contribution in [1.29, 1.82) is 0 Å². The van der Waals surface area contributed by atoms with Crippen LogP contribution in [0.1, 0.15) is 24.6 Å². The molecule has 1 aliphatic heterocycles. The molecule has 2 atom stereocenters. The molecule has 0 amide bonds. The summed E-state index contributed by atoms with van der Waals surface area (Å²) in [4.78, 5) is 8.65. The highest BCUT2D eigenvalue weighted by molar-refractivity contribution is 6.30. The summed E-state index contributed by atoms with van der Waals surface area (Å²) < 4.78 is 0. The lowest BCUT2D eigenvalue weighted by atomic mass is 10.0. The van der Waals surface area contributed by atoms with E-state index in [0.717, 1.165) is 17.7 Å². The Morgan fingerprint density at radius 3 is 2.33 bits per heavy atom. The van der Waals surface area contributed by atoms with Gasteiger partial charge in [0.15, 0.2) is 0 Å². The highest BCUT2D eigenvalue weighted by Gasteiger charge is 2.38. The van der Waals surface area contributed by atoms with Crippen LogP contribution in [0.15, 0.2) is 12.4 Å². The van der Waals surface area contributed by atoms with Gasteiger partial charge in [0.25, 0.3) is 0 Å². The van der Waals surface area contributed by atoms with E-state index in [2.05, 4.69) is 15.3 Å². The number of hydrogen-bond donors (Lipinski definition) is 1. The van der Waals surface area contributed by atoms with E-state index >= 15 is 0 Å². The average Bonchev–Trinajstić information content (AvgIpc) is 2.78. The molecule has 15 heavy (non-hydrogen) atoms. The van der Waals surface area contributed by atoms with Crippen molar-refractivity contribution in [2.75, 3.05) is 13.1 Å². The van der Waals surface area contributed by atoms with Gasteiger partial charge in [0, 0.05) is 18.3 Å². The second kappa shape index (κ2) is 3.72. The van der Waals surface area contributed by atoms with E-state index in [1.165, 1.54) is 25.9 Å². The van der Waals surface area contributed by atoms with Gasteiger partial charge in [-0.15, -0.1) is 0 Å². The van der Waals surface area contributed by atoms with Crippen LogP contribution in [-0.4, -0.2) is 23.1 Å². The van der Waals surface area contributed by atoms with Crippen LogP contribution in [0.4, 0.5) is 0 Å². The lowest BCUT2D eigenvalue weighted by Gasteiger charge is -2.08. The molecule has 0 aromatic carbocycles. The van der Waals surface area contributed by atoms with Gasteiger partial charge in [-0.05, 0) is 37.8 Å². The van der Waals surface area contributed by atoms with E-state index in [9.17, 15) is 0 Å². The molecular formula is C11H14ClN3. The largest absolute Gasteiger partial charge is 0.316 e. The Kier molecular flexibility index (Phi) is 2.37. The first-order valence-corrected chi connectivity index (χ1v) is 5.89. The van der Waals surface area contributed by atoms with E-state index < -0.39 is 0 Å². The van der Waals surface area contributed by atoms with Gasteiger partial charge in [-0.2, -0.15) is 0 Å². The normalized spacial score (nSPS) is 34.3. The van der Waals surface area contributed by atoms with Crippen molar-refractivity contribution in [3.05, 3.63) is 23.2 Å². The van der Waals surface area contributed by atoms with Crippen LogP contribution in [0, 0.1) is 11.8 Å². The lowest BCUT2D eigenvalue weighted by Crippen LogP contribution is -2.12. The topological polar surface area (TPSA) is 37.8 Å². The molecule has 1 saturated carbocycles. The lowest BCUT2D eigenvalue weighted by molar-refractivity contribution is 0.494. The number of fused-ring (bicyclic) bond motifs is 1. The van der Waals surface area contributed by atoms with Crippen molar-refractivity contribution >= 4 is 11.6 Å². The Labute approximate surface area is 94.3 Å². The maximum absolute atomic E-state index is 5.78. The number of halogens is 1. The maximum atomic E-state index is 5.78. The minimum absolute atomic E-state index is 0.555. The van der Waals surface area contributed by atoms with Crippen LogP contribution in [0.3, 0.4) is 0 Å². The van der Waals surface area contributed by atoms with E-state index in [1.807, 2.05) is 0 Å². The van der Waals surface area contributed by atoms with Gasteiger partial charge in [-0.1, -0.05) is 11.6 Å². The molecular weight excluding hydrogens is 210 g/mol. The second-order valence-electron chi connectivity index (χ2n) is 4.61. The number of nitrogens with one attached hydrogen (secondary N) is 1. The SMILES string of the molecule is Clc1cnc(C2CC3CNCC3C2)nc1. The smallest absolute Gasteiger partial charge is 0.131 e. The molecule has 2 fully saturated rings. The minimum Gasteiger partial charge on any atom is -0.316 e. The van der Waals surface area contributed by atoms with E-state index in [-0.39, 0.29) is 0 Å². The van der Waals surface area contributed by atoms with Crippen LogP contribution < -0.4 is 5.32 Å². The Morgan fingerprint density at radius 1 is 1.13 bits per heavy atom. The van der Waals surface area contributed by atoms with E-state index in [4.69, 9.17) is 11.6 Å². The van der Waals surface area contributed by atoms with Gasteiger partial charge in [-0.25, -0.2) is 9.97 Å². The number of hydrogen-bond acceptors (Lipinski definition) is 3. The third kappa shape index (κ3) is 1.74. The zero-order chi connectivity index (χ0) is 10.3. The summed E-state index contributed by atoms with van der Waals surface area (Å²) in [5.41, 5.74) is 0. The number of aromatic nitrogens is 2. The molecule has 1 saturated heterocycles. The van der Waals surface area contributed by atoms with Gasteiger partial charge in [0.1, 0.15) is 5.82 Å². The van der Waals surface area contributed by atoms with Crippen molar-refractivity contribution in [2.24, 2.45) is 11.8 Å². The van der Waals surface area contributed by atoms with Gasteiger partial charge >= 0.3 is 0 Å². The molecule has 1 aromatic heterocycles. The quantitative estimate of drug-likeness (QED) is 0.790. The highest BCUT2D eigenvalue weighted by Crippen LogP contribution is 2.42. The van der Waals surface area contributed by atoms with E-state index in [1.54, 1.807) is 12.4 Å². The summed E-state index contributed by atoms with van der Waals surface area (Å²) in [6.45, 7) is 2.35. The summed E-state index contributed by atoms with van der Waals surface area (Å²) in [7, 11) is 0. The molecule has 1 aliphatic carbocycles. The standard InChI is InChI=1S/C11H14ClN3/c12-10-5-14-11(15-6-10)7-1-8-3-13-4-9(8)2-7/h5-9,13H,1-4H2. The molecule has 1 aromatic rings. The monoisotopic (exact) mass is 223 g/mol. The molecule has 3 rings (SSSR count). The Hall–Kier alpha value is -0.670. The van der Waals surface area contributed by atoms with Crippen molar-refractivity contribution in [3.8, 4) is 0 Å².